The summed E-state index contributed by atoms with van der Waals surface area (Å²) in [5, 5.41) is 3.10. The van der Waals surface area contributed by atoms with Gasteiger partial charge in [0.25, 0.3) is 0 Å². The van der Waals surface area contributed by atoms with Crippen LogP contribution in [0.5, 0.6) is 0 Å². The quantitative estimate of drug-likeness (QED) is 0.844. The molecule has 19 heavy (non-hydrogen) atoms. The van der Waals surface area contributed by atoms with Crippen molar-refractivity contribution in [3.63, 3.8) is 0 Å². The van der Waals surface area contributed by atoms with Gasteiger partial charge in [0.05, 0.1) is 10.5 Å². The summed E-state index contributed by atoms with van der Waals surface area (Å²) in [5.41, 5.74) is 0.233. The van der Waals surface area contributed by atoms with E-state index in [-0.39, 0.29) is 10.0 Å². The summed E-state index contributed by atoms with van der Waals surface area (Å²) in [6.45, 7) is 4.32. The summed E-state index contributed by atoms with van der Waals surface area (Å²) < 4.78 is 33.3. The Bertz CT molecular complexity index is 583. The Hall–Kier alpha value is -1.20. The van der Waals surface area contributed by atoms with Crippen molar-refractivity contribution in [3.05, 3.63) is 57.5 Å². The van der Waals surface area contributed by atoms with Crippen LogP contribution in [0.3, 0.4) is 0 Å². The smallest absolute Gasteiger partial charge is 0.137 e. The number of aryl methyl sites for hydroxylation is 1. The number of halogens is 3. The van der Waals surface area contributed by atoms with Crippen molar-refractivity contribution in [2.75, 3.05) is 6.54 Å². The van der Waals surface area contributed by atoms with Gasteiger partial charge in [0.2, 0.25) is 0 Å². The van der Waals surface area contributed by atoms with E-state index in [0.29, 0.717) is 12.3 Å². The lowest BCUT2D eigenvalue weighted by atomic mass is 10.0. The SMILES string of the molecule is CCNC(c1ccc(C)o1)c1cc(F)c(Br)cc1F. The lowest BCUT2D eigenvalue weighted by Gasteiger charge is -2.17. The van der Waals surface area contributed by atoms with Crippen molar-refractivity contribution in [2.45, 2.75) is 19.9 Å². The summed E-state index contributed by atoms with van der Waals surface area (Å²) in [6, 6.07) is 5.38. The zero-order valence-corrected chi connectivity index (χ0v) is 12.2. The lowest BCUT2D eigenvalue weighted by Crippen LogP contribution is -2.22. The number of benzene rings is 1. The topological polar surface area (TPSA) is 25.2 Å². The maximum Gasteiger partial charge on any atom is 0.137 e. The number of furan rings is 1. The van der Waals surface area contributed by atoms with E-state index in [1.807, 2.05) is 13.8 Å². The van der Waals surface area contributed by atoms with Gasteiger partial charge in [0.1, 0.15) is 23.2 Å². The van der Waals surface area contributed by atoms with Crippen molar-refractivity contribution in [2.24, 2.45) is 0 Å². The van der Waals surface area contributed by atoms with Crippen LogP contribution in [-0.2, 0) is 0 Å². The van der Waals surface area contributed by atoms with Gasteiger partial charge in [-0.15, -0.1) is 0 Å². The zero-order chi connectivity index (χ0) is 14.0. The first kappa shape index (κ1) is 14.2. The second kappa shape index (κ2) is 5.84. The molecular weight excluding hydrogens is 316 g/mol. The third kappa shape index (κ3) is 3.04. The first-order valence-corrected chi connectivity index (χ1v) is 6.76. The van der Waals surface area contributed by atoms with Gasteiger partial charge in [0.15, 0.2) is 0 Å². The number of hydrogen-bond donors (Lipinski definition) is 1. The van der Waals surface area contributed by atoms with E-state index in [1.54, 1.807) is 12.1 Å². The van der Waals surface area contributed by atoms with Crippen LogP contribution >= 0.6 is 15.9 Å². The third-order valence-corrected chi connectivity index (χ3v) is 3.41. The van der Waals surface area contributed by atoms with E-state index in [4.69, 9.17) is 4.42 Å². The van der Waals surface area contributed by atoms with Crippen LogP contribution in [0.2, 0.25) is 0 Å². The summed E-state index contributed by atoms with van der Waals surface area (Å²) in [4.78, 5) is 0. The lowest BCUT2D eigenvalue weighted by molar-refractivity contribution is 0.425. The van der Waals surface area contributed by atoms with Crippen LogP contribution in [0, 0.1) is 18.6 Å². The van der Waals surface area contributed by atoms with Crippen molar-refractivity contribution >= 4 is 15.9 Å². The molecule has 2 rings (SSSR count). The molecule has 0 bridgehead atoms. The molecule has 1 aromatic heterocycles. The molecule has 2 nitrogen and oxygen atoms in total. The largest absolute Gasteiger partial charge is 0.464 e. The summed E-state index contributed by atoms with van der Waals surface area (Å²) in [5.74, 6) is 0.326. The zero-order valence-electron chi connectivity index (χ0n) is 10.6. The van der Waals surface area contributed by atoms with E-state index in [2.05, 4.69) is 21.2 Å². The Balaban J connectivity index is 2.47. The molecule has 0 amide bonds. The molecule has 1 unspecified atom stereocenters. The van der Waals surface area contributed by atoms with Crippen LogP contribution in [0.1, 0.15) is 30.0 Å². The van der Waals surface area contributed by atoms with Crippen LogP contribution in [0.4, 0.5) is 8.78 Å². The maximum atomic E-state index is 14.0. The Kier molecular flexibility index (Phi) is 4.37. The normalized spacial score (nSPS) is 12.7. The first-order valence-electron chi connectivity index (χ1n) is 5.97. The number of nitrogens with one attached hydrogen (secondary N) is 1. The Labute approximate surface area is 118 Å². The number of hydrogen-bond acceptors (Lipinski definition) is 2. The second-order valence-corrected chi connectivity index (χ2v) is 5.08. The van der Waals surface area contributed by atoms with Crippen molar-refractivity contribution in [1.82, 2.24) is 5.32 Å². The standard InChI is InChI=1S/C14H14BrF2NO/c1-3-18-14(13-5-4-8(2)19-13)9-6-12(17)10(15)7-11(9)16/h4-7,14,18H,3H2,1-2H3. The highest BCUT2D eigenvalue weighted by Crippen LogP contribution is 2.29. The third-order valence-electron chi connectivity index (χ3n) is 2.80. The highest BCUT2D eigenvalue weighted by atomic mass is 79.9. The summed E-state index contributed by atoms with van der Waals surface area (Å²) >= 11 is 2.97. The molecule has 0 fully saturated rings. The van der Waals surface area contributed by atoms with Crippen LogP contribution in [-0.4, -0.2) is 6.54 Å². The van der Waals surface area contributed by atoms with Gasteiger partial charge in [-0.25, -0.2) is 8.78 Å². The maximum absolute atomic E-state index is 14.0. The molecule has 0 radical (unpaired) electrons. The monoisotopic (exact) mass is 329 g/mol. The highest BCUT2D eigenvalue weighted by molar-refractivity contribution is 9.10. The molecule has 5 heteroatoms. The molecule has 1 heterocycles. The van der Waals surface area contributed by atoms with E-state index in [1.165, 1.54) is 6.07 Å². The second-order valence-electron chi connectivity index (χ2n) is 4.23. The van der Waals surface area contributed by atoms with Gasteiger partial charge >= 0.3 is 0 Å². The minimum atomic E-state index is -0.499. The van der Waals surface area contributed by atoms with E-state index in [9.17, 15) is 8.78 Å². The average molecular weight is 330 g/mol. The molecule has 102 valence electrons. The molecule has 0 aliphatic carbocycles. The van der Waals surface area contributed by atoms with Crippen molar-refractivity contribution in [1.29, 1.82) is 0 Å². The van der Waals surface area contributed by atoms with Crippen LogP contribution in [0.15, 0.2) is 33.2 Å². The van der Waals surface area contributed by atoms with Gasteiger partial charge in [-0.2, -0.15) is 0 Å². The minimum Gasteiger partial charge on any atom is -0.464 e. The molecule has 0 saturated heterocycles. The van der Waals surface area contributed by atoms with Crippen LogP contribution in [0.25, 0.3) is 0 Å². The predicted octanol–water partition coefficient (Wildman–Crippen LogP) is 4.33. The van der Waals surface area contributed by atoms with Crippen molar-refractivity contribution < 1.29 is 13.2 Å². The average Bonchev–Trinajstić information content (AvgIpc) is 2.78. The van der Waals surface area contributed by atoms with E-state index in [0.717, 1.165) is 11.8 Å². The van der Waals surface area contributed by atoms with E-state index < -0.39 is 17.7 Å². The summed E-state index contributed by atoms with van der Waals surface area (Å²) in [7, 11) is 0. The first-order chi connectivity index (χ1) is 9.02. The Morgan fingerprint density at radius 1 is 1.26 bits per heavy atom. The Morgan fingerprint density at radius 3 is 2.58 bits per heavy atom. The summed E-state index contributed by atoms with van der Waals surface area (Å²) in [6.07, 6.45) is 0. The van der Waals surface area contributed by atoms with Gasteiger partial charge in [0, 0.05) is 5.56 Å². The van der Waals surface area contributed by atoms with Gasteiger partial charge < -0.3 is 9.73 Å². The van der Waals surface area contributed by atoms with Gasteiger partial charge in [-0.3, -0.25) is 0 Å². The fraction of sp³-hybridized carbons (Fsp3) is 0.286. The minimum absolute atomic E-state index is 0.111. The molecule has 0 saturated carbocycles. The van der Waals surface area contributed by atoms with E-state index >= 15 is 0 Å². The molecule has 0 aliphatic rings. The number of rotatable bonds is 4. The molecule has 0 spiro atoms. The fourth-order valence-corrected chi connectivity index (χ4v) is 2.25. The highest BCUT2D eigenvalue weighted by Gasteiger charge is 2.21. The predicted molar refractivity (Wildman–Crippen MR) is 73.0 cm³/mol. The molecule has 2 aromatic rings. The molecule has 1 atom stereocenters. The molecular formula is C14H14BrF2NO. The molecule has 1 aromatic carbocycles. The van der Waals surface area contributed by atoms with Crippen LogP contribution < -0.4 is 5.32 Å². The molecule has 0 aliphatic heterocycles. The van der Waals surface area contributed by atoms with Gasteiger partial charge in [-0.1, -0.05) is 6.92 Å². The molecule has 1 N–H and O–H groups in total. The fourth-order valence-electron chi connectivity index (χ4n) is 1.94. The van der Waals surface area contributed by atoms with Crippen molar-refractivity contribution in [3.8, 4) is 0 Å². The van der Waals surface area contributed by atoms with Gasteiger partial charge in [-0.05, 0) is 53.7 Å². The Morgan fingerprint density at radius 2 is 2.00 bits per heavy atom.